The van der Waals surface area contributed by atoms with E-state index in [2.05, 4.69) is 13.1 Å². The summed E-state index contributed by atoms with van der Waals surface area (Å²) < 4.78 is 34.7. The molecule has 5 atom stereocenters. The van der Waals surface area contributed by atoms with Crippen molar-refractivity contribution in [2.45, 2.75) is 70.2 Å². The summed E-state index contributed by atoms with van der Waals surface area (Å²) in [6, 6.07) is 0. The first-order chi connectivity index (χ1) is 10.2. The SMILES string of the molecule is CO[C@H]1O[C@H](COC(C)(C)C)[C@@H](O[SiH](C)C)[C@H](OC)[C@H]1OC. The van der Waals surface area contributed by atoms with Gasteiger partial charge < -0.3 is 28.1 Å². The zero-order valence-electron chi connectivity index (χ0n) is 15.1. The van der Waals surface area contributed by atoms with E-state index in [0.29, 0.717) is 6.61 Å². The van der Waals surface area contributed by atoms with Crippen molar-refractivity contribution in [3.63, 3.8) is 0 Å². The highest BCUT2D eigenvalue weighted by Crippen LogP contribution is 2.29. The Kier molecular flexibility index (Phi) is 7.94. The van der Waals surface area contributed by atoms with Gasteiger partial charge in [-0.15, -0.1) is 0 Å². The molecule has 0 bridgehead atoms. The van der Waals surface area contributed by atoms with Crippen LogP contribution in [0.4, 0.5) is 0 Å². The molecule has 0 spiro atoms. The quantitative estimate of drug-likeness (QED) is 0.658. The minimum Gasteiger partial charge on any atom is -0.412 e. The molecule has 1 fully saturated rings. The molecular weight excluding hydrogens is 304 g/mol. The second-order valence-electron chi connectivity index (χ2n) is 6.75. The van der Waals surface area contributed by atoms with E-state index < -0.39 is 15.3 Å². The molecule has 0 aliphatic carbocycles. The molecule has 7 heteroatoms. The lowest BCUT2D eigenvalue weighted by atomic mass is 9.98. The van der Waals surface area contributed by atoms with E-state index in [-0.39, 0.29) is 30.0 Å². The maximum atomic E-state index is 6.17. The zero-order chi connectivity index (χ0) is 16.9. The Balaban J connectivity index is 2.93. The minimum absolute atomic E-state index is 0.227. The zero-order valence-corrected chi connectivity index (χ0v) is 16.3. The average Bonchev–Trinajstić information content (AvgIpc) is 2.43. The summed E-state index contributed by atoms with van der Waals surface area (Å²) in [4.78, 5) is 0. The Morgan fingerprint density at radius 3 is 1.91 bits per heavy atom. The molecule has 0 N–H and O–H groups in total. The van der Waals surface area contributed by atoms with Gasteiger partial charge in [0.15, 0.2) is 15.3 Å². The Bertz CT molecular complexity index is 320. The van der Waals surface area contributed by atoms with Crippen molar-refractivity contribution in [1.29, 1.82) is 0 Å². The Morgan fingerprint density at radius 2 is 1.50 bits per heavy atom. The second-order valence-corrected chi connectivity index (χ2v) is 9.12. The second kappa shape index (κ2) is 8.72. The molecule has 0 aromatic heterocycles. The number of rotatable bonds is 7. The first kappa shape index (κ1) is 20.0. The smallest absolute Gasteiger partial charge is 0.186 e. The molecule has 132 valence electrons. The lowest BCUT2D eigenvalue weighted by molar-refractivity contribution is -0.304. The van der Waals surface area contributed by atoms with Crippen LogP contribution in [0.15, 0.2) is 0 Å². The van der Waals surface area contributed by atoms with Gasteiger partial charge in [-0.25, -0.2) is 0 Å². The normalized spacial score (nSPS) is 33.4. The molecule has 1 saturated heterocycles. The molecule has 6 nitrogen and oxygen atoms in total. The number of hydrogen-bond donors (Lipinski definition) is 0. The van der Waals surface area contributed by atoms with Gasteiger partial charge in [-0.05, 0) is 33.9 Å². The van der Waals surface area contributed by atoms with E-state index >= 15 is 0 Å². The van der Waals surface area contributed by atoms with Crippen LogP contribution in [-0.4, -0.2) is 73.3 Å². The highest BCUT2D eigenvalue weighted by atomic mass is 28.3. The van der Waals surface area contributed by atoms with Crippen molar-refractivity contribution >= 4 is 9.04 Å². The van der Waals surface area contributed by atoms with Gasteiger partial charge in [0.25, 0.3) is 0 Å². The maximum Gasteiger partial charge on any atom is 0.186 e. The fourth-order valence-corrected chi connectivity index (χ4v) is 3.49. The van der Waals surface area contributed by atoms with Crippen molar-refractivity contribution in [2.75, 3.05) is 27.9 Å². The molecule has 0 aromatic rings. The van der Waals surface area contributed by atoms with Crippen LogP contribution in [0.5, 0.6) is 0 Å². The van der Waals surface area contributed by atoms with E-state index in [9.17, 15) is 0 Å². The van der Waals surface area contributed by atoms with E-state index in [1.165, 1.54) is 0 Å². The van der Waals surface area contributed by atoms with Crippen molar-refractivity contribution in [1.82, 2.24) is 0 Å². The van der Waals surface area contributed by atoms with Crippen LogP contribution in [0.1, 0.15) is 20.8 Å². The monoisotopic (exact) mass is 336 g/mol. The van der Waals surface area contributed by atoms with Crippen LogP contribution in [0.2, 0.25) is 13.1 Å². The third-order valence-corrected chi connectivity index (χ3v) is 4.34. The van der Waals surface area contributed by atoms with Gasteiger partial charge in [0.2, 0.25) is 0 Å². The maximum absolute atomic E-state index is 6.17. The van der Waals surface area contributed by atoms with Crippen molar-refractivity contribution in [3.05, 3.63) is 0 Å². The first-order valence-corrected chi connectivity index (χ1v) is 10.5. The lowest BCUT2D eigenvalue weighted by Crippen LogP contribution is -2.62. The minimum atomic E-state index is -1.28. The topological polar surface area (TPSA) is 55.4 Å². The van der Waals surface area contributed by atoms with Gasteiger partial charge >= 0.3 is 0 Å². The molecular formula is C15H32O6Si. The van der Waals surface area contributed by atoms with Gasteiger partial charge in [0.1, 0.15) is 24.4 Å². The van der Waals surface area contributed by atoms with Crippen molar-refractivity contribution in [2.24, 2.45) is 0 Å². The number of hydrogen-bond acceptors (Lipinski definition) is 6. The molecule has 0 saturated carbocycles. The molecule has 1 heterocycles. The molecule has 0 amide bonds. The summed E-state index contributed by atoms with van der Waals surface area (Å²) in [5.74, 6) is 0. The van der Waals surface area contributed by atoms with Crippen molar-refractivity contribution in [3.8, 4) is 0 Å². The summed E-state index contributed by atoms with van der Waals surface area (Å²) in [6.07, 6.45) is -1.58. The Labute approximate surface area is 136 Å². The molecule has 22 heavy (non-hydrogen) atoms. The molecule has 1 rings (SSSR count). The van der Waals surface area contributed by atoms with E-state index in [0.717, 1.165) is 0 Å². The van der Waals surface area contributed by atoms with Gasteiger partial charge in [-0.1, -0.05) is 0 Å². The van der Waals surface area contributed by atoms with E-state index in [1.54, 1.807) is 21.3 Å². The van der Waals surface area contributed by atoms with Crippen LogP contribution in [-0.2, 0) is 28.1 Å². The summed E-state index contributed by atoms with van der Waals surface area (Å²) in [5, 5.41) is 0. The molecule has 0 radical (unpaired) electrons. The van der Waals surface area contributed by atoms with Crippen LogP contribution in [0.25, 0.3) is 0 Å². The van der Waals surface area contributed by atoms with Gasteiger partial charge in [0.05, 0.1) is 12.2 Å². The summed E-state index contributed by atoms with van der Waals surface area (Å²) in [7, 11) is 3.61. The predicted octanol–water partition coefficient (Wildman–Crippen LogP) is 1.57. The van der Waals surface area contributed by atoms with Crippen LogP contribution >= 0.6 is 0 Å². The van der Waals surface area contributed by atoms with Crippen LogP contribution < -0.4 is 0 Å². The standard InChI is InChI=1S/C15H32O6Si/c1-15(2,3)19-9-10-11(21-22(7)8)12(16-4)13(17-5)14(18-6)20-10/h10-14,22H,9H2,1-8H3/t10-,11-,12+,13-,14+/m1/s1. The molecule has 0 aromatic carbocycles. The molecule has 1 aliphatic rings. The fraction of sp³-hybridized carbons (Fsp3) is 1.00. The highest BCUT2D eigenvalue weighted by Gasteiger charge is 2.48. The van der Waals surface area contributed by atoms with Crippen molar-refractivity contribution < 1.29 is 28.1 Å². The average molecular weight is 337 g/mol. The van der Waals surface area contributed by atoms with E-state index in [1.807, 2.05) is 20.8 Å². The van der Waals surface area contributed by atoms with Crippen LogP contribution in [0.3, 0.4) is 0 Å². The molecule has 1 aliphatic heterocycles. The van der Waals surface area contributed by atoms with Crippen LogP contribution in [0, 0.1) is 0 Å². The summed E-state index contributed by atoms with van der Waals surface area (Å²) in [5.41, 5.74) is -0.244. The third-order valence-electron chi connectivity index (χ3n) is 3.48. The predicted molar refractivity (Wildman–Crippen MR) is 86.7 cm³/mol. The van der Waals surface area contributed by atoms with Gasteiger partial charge in [-0.3, -0.25) is 0 Å². The number of methoxy groups -OCH3 is 3. The Hall–Kier alpha value is -0.0231. The fourth-order valence-electron chi connectivity index (χ4n) is 2.53. The largest absolute Gasteiger partial charge is 0.412 e. The molecule has 0 unspecified atom stereocenters. The van der Waals surface area contributed by atoms with E-state index in [4.69, 9.17) is 28.1 Å². The Morgan fingerprint density at radius 1 is 0.909 bits per heavy atom. The highest BCUT2D eigenvalue weighted by molar-refractivity contribution is 6.48. The first-order valence-electron chi connectivity index (χ1n) is 7.76. The number of ether oxygens (including phenoxy) is 5. The van der Waals surface area contributed by atoms with Gasteiger partial charge in [0, 0.05) is 21.3 Å². The van der Waals surface area contributed by atoms with Gasteiger partial charge in [-0.2, -0.15) is 0 Å². The lowest BCUT2D eigenvalue weighted by Gasteiger charge is -2.45. The summed E-state index contributed by atoms with van der Waals surface area (Å²) in [6.45, 7) is 10.7. The summed E-state index contributed by atoms with van der Waals surface area (Å²) >= 11 is 0. The third kappa shape index (κ3) is 5.56.